The molecule has 1 aromatic carbocycles. The highest BCUT2D eigenvalue weighted by atomic mass is 16.2. The third-order valence-electron chi connectivity index (χ3n) is 4.30. The Balaban J connectivity index is 2.32. The molecule has 0 fully saturated rings. The van der Waals surface area contributed by atoms with E-state index in [0.717, 1.165) is 40.9 Å². The van der Waals surface area contributed by atoms with Gasteiger partial charge in [-0.1, -0.05) is 18.2 Å². The van der Waals surface area contributed by atoms with E-state index in [-0.39, 0.29) is 18.1 Å². The molecule has 2 rings (SSSR count). The van der Waals surface area contributed by atoms with Gasteiger partial charge in [-0.15, -0.1) is 0 Å². The molecule has 0 spiro atoms. The molecule has 0 aliphatic heterocycles. The molecule has 0 saturated carbocycles. The summed E-state index contributed by atoms with van der Waals surface area (Å²) in [7, 11) is 4.03. The predicted octanol–water partition coefficient (Wildman–Crippen LogP) is 2.05. The third kappa shape index (κ3) is 5.86. The number of hydrogen-bond donors (Lipinski definition) is 3. The standard InChI is InChI=1S/C21H29N7O/c1-6-24-18(19(22)23-3)21(29)26-13-16-12-15-9-7-8-14(2)17(15)27-20(16)25-10-11-28(4)5/h6-9,12H,3,10-11,13,22H2,1-2,4-5H3,(H,25,27)(H,26,29)/b19-18-,24-6?. The molecule has 29 heavy (non-hydrogen) atoms. The number of nitrogens with zero attached hydrogens (tertiary/aromatic N) is 4. The molecule has 0 aliphatic rings. The minimum absolute atomic E-state index is 0.0165. The van der Waals surface area contributed by atoms with Gasteiger partial charge in [0.25, 0.3) is 5.91 Å². The van der Waals surface area contributed by atoms with E-state index in [1.54, 1.807) is 6.92 Å². The highest BCUT2D eigenvalue weighted by Crippen LogP contribution is 2.23. The summed E-state index contributed by atoms with van der Waals surface area (Å²) in [6.45, 7) is 8.96. The Bertz CT molecular complexity index is 947. The largest absolute Gasteiger partial charge is 0.382 e. The number of anilines is 1. The number of para-hydroxylation sites is 1. The van der Waals surface area contributed by atoms with E-state index < -0.39 is 5.91 Å². The molecule has 0 atom stereocenters. The fourth-order valence-corrected chi connectivity index (χ4v) is 2.78. The summed E-state index contributed by atoms with van der Waals surface area (Å²) in [5.41, 5.74) is 8.68. The number of aromatic nitrogens is 1. The van der Waals surface area contributed by atoms with Gasteiger partial charge in [0.15, 0.2) is 11.5 Å². The van der Waals surface area contributed by atoms with Gasteiger partial charge in [0.05, 0.1) is 5.52 Å². The number of amides is 1. The van der Waals surface area contributed by atoms with Crippen molar-refractivity contribution < 1.29 is 4.79 Å². The Kier molecular flexibility index (Phi) is 7.85. The molecule has 2 aromatic rings. The number of carbonyl (C=O) groups excluding carboxylic acids is 1. The Hall–Kier alpha value is -3.26. The SMILES string of the molecule is C=N/C(N)=C(\N=CC)C(=O)NCc1cc2cccc(C)c2nc1NCCN(C)C. The van der Waals surface area contributed by atoms with Crippen LogP contribution in [0.5, 0.6) is 0 Å². The highest BCUT2D eigenvalue weighted by Gasteiger charge is 2.14. The second-order valence-corrected chi connectivity index (χ2v) is 6.83. The van der Waals surface area contributed by atoms with Crippen LogP contribution in [0.4, 0.5) is 5.82 Å². The molecule has 1 amide bonds. The van der Waals surface area contributed by atoms with Gasteiger partial charge in [0.1, 0.15) is 5.82 Å². The van der Waals surface area contributed by atoms with Crippen LogP contribution in [0.1, 0.15) is 18.1 Å². The molecule has 8 heteroatoms. The van der Waals surface area contributed by atoms with Gasteiger partial charge in [0, 0.05) is 36.8 Å². The number of hydrogen-bond acceptors (Lipinski definition) is 7. The quantitative estimate of drug-likeness (QED) is 0.445. The first-order chi connectivity index (χ1) is 13.9. The number of likely N-dealkylation sites (N-methyl/N-ethyl adjacent to an activating group) is 1. The fourth-order valence-electron chi connectivity index (χ4n) is 2.78. The van der Waals surface area contributed by atoms with E-state index in [0.29, 0.717) is 0 Å². The van der Waals surface area contributed by atoms with E-state index in [2.05, 4.69) is 32.2 Å². The van der Waals surface area contributed by atoms with E-state index in [9.17, 15) is 4.79 Å². The van der Waals surface area contributed by atoms with Crippen molar-refractivity contribution in [3.63, 3.8) is 0 Å². The van der Waals surface area contributed by atoms with Crippen molar-refractivity contribution in [2.24, 2.45) is 15.7 Å². The van der Waals surface area contributed by atoms with E-state index >= 15 is 0 Å². The van der Waals surface area contributed by atoms with Crippen LogP contribution < -0.4 is 16.4 Å². The summed E-state index contributed by atoms with van der Waals surface area (Å²) in [6.07, 6.45) is 1.49. The van der Waals surface area contributed by atoms with Crippen molar-refractivity contribution in [3.05, 3.63) is 46.9 Å². The molecule has 1 heterocycles. The van der Waals surface area contributed by atoms with Gasteiger partial charge >= 0.3 is 0 Å². The van der Waals surface area contributed by atoms with Crippen LogP contribution in [0.15, 0.2) is 45.8 Å². The van der Waals surface area contributed by atoms with Crippen molar-refractivity contribution in [2.75, 3.05) is 32.5 Å². The molecule has 4 N–H and O–H groups in total. The lowest BCUT2D eigenvalue weighted by atomic mass is 10.1. The third-order valence-corrected chi connectivity index (χ3v) is 4.30. The maximum Gasteiger partial charge on any atom is 0.273 e. The minimum atomic E-state index is -0.420. The zero-order valence-corrected chi connectivity index (χ0v) is 17.5. The van der Waals surface area contributed by atoms with Gasteiger partial charge in [-0.2, -0.15) is 0 Å². The van der Waals surface area contributed by atoms with Crippen LogP contribution in [0.3, 0.4) is 0 Å². The lowest BCUT2D eigenvalue weighted by Gasteiger charge is -2.16. The van der Waals surface area contributed by atoms with Crippen LogP contribution in [0.25, 0.3) is 10.9 Å². The molecular formula is C21H29N7O. The smallest absolute Gasteiger partial charge is 0.273 e. The van der Waals surface area contributed by atoms with Gasteiger partial charge < -0.3 is 21.3 Å². The van der Waals surface area contributed by atoms with Crippen LogP contribution >= 0.6 is 0 Å². The number of fused-ring (bicyclic) bond motifs is 1. The monoisotopic (exact) mass is 395 g/mol. The van der Waals surface area contributed by atoms with Crippen molar-refractivity contribution in [1.82, 2.24) is 15.2 Å². The van der Waals surface area contributed by atoms with E-state index in [1.807, 2.05) is 45.3 Å². The maximum absolute atomic E-state index is 12.5. The zero-order valence-electron chi connectivity index (χ0n) is 17.5. The summed E-state index contributed by atoms with van der Waals surface area (Å²) in [4.78, 5) is 27.1. The maximum atomic E-state index is 12.5. The Morgan fingerprint density at radius 1 is 1.38 bits per heavy atom. The molecule has 0 unspecified atom stereocenters. The van der Waals surface area contributed by atoms with Gasteiger partial charge in [-0.3, -0.25) is 9.79 Å². The van der Waals surface area contributed by atoms with Crippen LogP contribution in [-0.2, 0) is 11.3 Å². The van der Waals surface area contributed by atoms with Crippen LogP contribution in [0, 0.1) is 6.92 Å². The van der Waals surface area contributed by atoms with Crippen molar-refractivity contribution in [3.8, 4) is 0 Å². The number of rotatable bonds is 9. The zero-order chi connectivity index (χ0) is 21.4. The number of aryl methyl sites for hydroxylation is 1. The molecular weight excluding hydrogens is 366 g/mol. The molecule has 0 aliphatic carbocycles. The van der Waals surface area contributed by atoms with Gasteiger partial charge in [0.2, 0.25) is 0 Å². The molecule has 8 nitrogen and oxygen atoms in total. The summed E-state index contributed by atoms with van der Waals surface area (Å²) >= 11 is 0. The van der Waals surface area contributed by atoms with Crippen molar-refractivity contribution in [1.29, 1.82) is 0 Å². The average Bonchev–Trinajstić information content (AvgIpc) is 2.69. The van der Waals surface area contributed by atoms with Gasteiger partial charge in [-0.05, 0) is 46.3 Å². The van der Waals surface area contributed by atoms with Gasteiger partial charge in [-0.25, -0.2) is 9.98 Å². The summed E-state index contributed by atoms with van der Waals surface area (Å²) in [5, 5.41) is 7.24. The Morgan fingerprint density at radius 3 is 2.79 bits per heavy atom. The van der Waals surface area contributed by atoms with Crippen LogP contribution in [0.2, 0.25) is 0 Å². The number of nitrogens with two attached hydrogens (primary N) is 1. The molecule has 0 radical (unpaired) electrons. The van der Waals surface area contributed by atoms with Crippen molar-refractivity contribution >= 4 is 35.6 Å². The second-order valence-electron chi connectivity index (χ2n) is 6.83. The second kappa shape index (κ2) is 10.3. The number of carbonyl (C=O) groups is 1. The summed E-state index contributed by atoms with van der Waals surface area (Å²) in [5.74, 6) is 0.307. The van der Waals surface area contributed by atoms with E-state index in [1.165, 1.54) is 6.21 Å². The van der Waals surface area contributed by atoms with Crippen molar-refractivity contribution in [2.45, 2.75) is 20.4 Å². The summed E-state index contributed by atoms with van der Waals surface area (Å²) in [6, 6.07) is 8.07. The fraction of sp³-hybridized carbons (Fsp3) is 0.333. The number of benzene rings is 1. The minimum Gasteiger partial charge on any atom is -0.382 e. The number of pyridine rings is 1. The molecule has 1 aromatic heterocycles. The lowest BCUT2D eigenvalue weighted by Crippen LogP contribution is -2.27. The first-order valence-corrected chi connectivity index (χ1v) is 9.38. The van der Waals surface area contributed by atoms with Crippen LogP contribution in [-0.4, -0.2) is 55.9 Å². The normalized spacial score (nSPS) is 12.3. The lowest BCUT2D eigenvalue weighted by molar-refractivity contribution is -0.117. The predicted molar refractivity (Wildman–Crippen MR) is 120 cm³/mol. The summed E-state index contributed by atoms with van der Waals surface area (Å²) < 4.78 is 0. The number of aliphatic imine (C=N–C) groups is 2. The highest BCUT2D eigenvalue weighted by molar-refractivity contribution is 5.95. The molecule has 0 bridgehead atoms. The molecule has 0 saturated heterocycles. The number of nitrogens with one attached hydrogen (secondary N) is 2. The first-order valence-electron chi connectivity index (χ1n) is 9.38. The Morgan fingerprint density at radius 2 is 2.14 bits per heavy atom. The van der Waals surface area contributed by atoms with E-state index in [4.69, 9.17) is 10.7 Å². The first kappa shape index (κ1) is 22.0. The average molecular weight is 396 g/mol. The Labute approximate surface area is 171 Å². The molecule has 154 valence electrons. The topological polar surface area (TPSA) is 108 Å².